The molecule has 0 fully saturated rings. The van der Waals surface area contributed by atoms with Crippen LogP contribution in [0, 0.1) is 6.92 Å². The van der Waals surface area contributed by atoms with E-state index in [4.69, 9.17) is 0 Å². The molecule has 2 rings (SSSR count). The fourth-order valence-corrected chi connectivity index (χ4v) is 1.56. The summed E-state index contributed by atoms with van der Waals surface area (Å²) in [7, 11) is 0. The first-order valence-electron chi connectivity index (χ1n) is 4.62. The van der Waals surface area contributed by atoms with E-state index >= 15 is 0 Å². The Kier molecular flexibility index (Phi) is 9.55. The van der Waals surface area contributed by atoms with Crippen LogP contribution >= 0.6 is 24.8 Å². The van der Waals surface area contributed by atoms with Gasteiger partial charge in [0.15, 0.2) is 0 Å². The summed E-state index contributed by atoms with van der Waals surface area (Å²) in [5.41, 5.74) is 3.26. The maximum absolute atomic E-state index is 9.46. The molecule has 0 radical (unpaired) electrons. The van der Waals surface area contributed by atoms with Crippen molar-refractivity contribution < 1.29 is 26.8 Å². The molecule has 0 heterocycles. The second-order valence-corrected chi connectivity index (χ2v) is 3.42. The van der Waals surface area contributed by atoms with Gasteiger partial charge in [-0.05, 0) is 35.7 Å². The molecule has 2 aromatic carbocycles. The molecule has 0 aliphatic heterocycles. The average Bonchev–Trinajstić information content (AvgIpc) is 2.18. The van der Waals surface area contributed by atoms with E-state index in [-0.39, 0.29) is 46.5 Å². The van der Waals surface area contributed by atoms with Crippen LogP contribution in [0.2, 0.25) is 0 Å². The minimum Gasteiger partial charge on any atom is -0.508 e. The molecular formula is C13H14Cl2OTi. The van der Waals surface area contributed by atoms with Gasteiger partial charge in [0.1, 0.15) is 5.75 Å². The normalized spacial score (nSPS) is 8.29. The minimum absolute atomic E-state index is 0. The van der Waals surface area contributed by atoms with Gasteiger partial charge in [0, 0.05) is 21.7 Å². The van der Waals surface area contributed by atoms with Crippen LogP contribution in [-0.4, -0.2) is 5.11 Å². The van der Waals surface area contributed by atoms with E-state index in [1.54, 1.807) is 12.1 Å². The van der Waals surface area contributed by atoms with Gasteiger partial charge < -0.3 is 5.11 Å². The fraction of sp³-hybridized carbons (Fsp3) is 0.0769. The summed E-state index contributed by atoms with van der Waals surface area (Å²) >= 11 is 0. The molecule has 1 N–H and O–H groups in total. The summed E-state index contributed by atoms with van der Waals surface area (Å²) < 4.78 is 0. The third-order valence-corrected chi connectivity index (χ3v) is 2.17. The van der Waals surface area contributed by atoms with Crippen LogP contribution in [0.15, 0.2) is 48.5 Å². The predicted molar refractivity (Wildman–Crippen MR) is 72.8 cm³/mol. The van der Waals surface area contributed by atoms with Gasteiger partial charge in [0.25, 0.3) is 0 Å². The number of phenols is 1. The predicted octanol–water partition coefficient (Wildman–Crippen LogP) is 4.21. The van der Waals surface area contributed by atoms with Crippen molar-refractivity contribution in [3.05, 3.63) is 54.1 Å². The van der Waals surface area contributed by atoms with Crippen LogP contribution in [0.4, 0.5) is 0 Å². The van der Waals surface area contributed by atoms with Crippen LogP contribution in [0.3, 0.4) is 0 Å². The number of benzene rings is 2. The van der Waals surface area contributed by atoms with Crippen molar-refractivity contribution in [2.45, 2.75) is 6.92 Å². The maximum atomic E-state index is 9.46. The molecule has 0 aliphatic carbocycles. The number of aromatic hydroxyl groups is 1. The fourth-order valence-electron chi connectivity index (χ4n) is 1.56. The molecule has 17 heavy (non-hydrogen) atoms. The molecule has 1 nitrogen and oxygen atoms in total. The van der Waals surface area contributed by atoms with Crippen molar-refractivity contribution in [1.29, 1.82) is 0 Å². The zero-order valence-electron chi connectivity index (χ0n) is 9.38. The van der Waals surface area contributed by atoms with Crippen molar-refractivity contribution in [3.63, 3.8) is 0 Å². The van der Waals surface area contributed by atoms with Gasteiger partial charge >= 0.3 is 0 Å². The average molecular weight is 305 g/mol. The first-order valence-corrected chi connectivity index (χ1v) is 4.62. The van der Waals surface area contributed by atoms with Crippen LogP contribution in [0.1, 0.15) is 5.56 Å². The van der Waals surface area contributed by atoms with Gasteiger partial charge in [-0.1, -0.05) is 36.4 Å². The molecule has 0 unspecified atom stereocenters. The van der Waals surface area contributed by atoms with Gasteiger partial charge in [0.05, 0.1) is 0 Å². The SMILES string of the molecule is Cc1cc(O)cc(-c2ccccc2)c1.Cl.Cl.[Ti]. The first kappa shape index (κ1) is 18.9. The molecule has 0 aliphatic rings. The quantitative estimate of drug-likeness (QED) is 0.783. The Bertz CT molecular complexity index is 426. The molecular weight excluding hydrogens is 291 g/mol. The third kappa shape index (κ3) is 5.14. The molecule has 0 saturated heterocycles. The molecule has 4 heteroatoms. The van der Waals surface area contributed by atoms with Crippen molar-refractivity contribution in [1.82, 2.24) is 0 Å². The van der Waals surface area contributed by atoms with Crippen LogP contribution in [-0.2, 0) is 21.7 Å². The Labute approximate surface area is 129 Å². The van der Waals surface area contributed by atoms with Crippen molar-refractivity contribution in [3.8, 4) is 16.9 Å². The van der Waals surface area contributed by atoms with E-state index in [1.807, 2.05) is 37.3 Å². The third-order valence-electron chi connectivity index (χ3n) is 2.17. The smallest absolute Gasteiger partial charge is 0.116 e. The van der Waals surface area contributed by atoms with Crippen molar-refractivity contribution in [2.75, 3.05) is 0 Å². The number of aryl methyl sites for hydroxylation is 1. The molecule has 90 valence electrons. The van der Waals surface area contributed by atoms with Gasteiger partial charge in [-0.15, -0.1) is 24.8 Å². The van der Waals surface area contributed by atoms with Crippen LogP contribution in [0.25, 0.3) is 11.1 Å². The molecule has 0 atom stereocenters. The van der Waals surface area contributed by atoms with Gasteiger partial charge in [-0.2, -0.15) is 0 Å². The molecule has 0 amide bonds. The zero-order chi connectivity index (χ0) is 9.97. The second-order valence-electron chi connectivity index (χ2n) is 3.42. The Morgan fingerprint density at radius 3 is 1.94 bits per heavy atom. The Morgan fingerprint density at radius 2 is 1.41 bits per heavy atom. The second kappa shape index (κ2) is 8.60. The Balaban J connectivity index is 0. The summed E-state index contributed by atoms with van der Waals surface area (Å²) in [4.78, 5) is 0. The zero-order valence-corrected chi connectivity index (χ0v) is 12.6. The largest absolute Gasteiger partial charge is 0.508 e. The monoisotopic (exact) mass is 304 g/mol. The van der Waals surface area contributed by atoms with E-state index in [0.717, 1.165) is 16.7 Å². The van der Waals surface area contributed by atoms with Crippen LogP contribution in [0.5, 0.6) is 5.75 Å². The van der Waals surface area contributed by atoms with E-state index in [9.17, 15) is 5.11 Å². The Morgan fingerprint density at radius 1 is 0.824 bits per heavy atom. The number of hydrogen-bond acceptors (Lipinski definition) is 1. The molecule has 2 aromatic rings. The summed E-state index contributed by atoms with van der Waals surface area (Å²) in [6, 6.07) is 15.6. The number of hydrogen-bond donors (Lipinski definition) is 1. The molecule has 0 bridgehead atoms. The number of rotatable bonds is 1. The summed E-state index contributed by atoms with van der Waals surface area (Å²) in [5, 5.41) is 9.46. The Hall–Kier alpha value is -0.466. The topological polar surface area (TPSA) is 20.2 Å². The van der Waals surface area contributed by atoms with Crippen LogP contribution < -0.4 is 0 Å². The van der Waals surface area contributed by atoms with Gasteiger partial charge in [0.2, 0.25) is 0 Å². The standard InChI is InChI=1S/C13H12O.2ClH.Ti/c1-10-7-12(9-13(14)8-10)11-5-3-2-4-6-11;;;/h2-9,14H,1H3;2*1H;. The van der Waals surface area contributed by atoms with Gasteiger partial charge in [-0.3, -0.25) is 0 Å². The van der Waals surface area contributed by atoms with E-state index in [2.05, 4.69) is 6.07 Å². The molecule has 0 spiro atoms. The minimum atomic E-state index is 0. The first-order chi connectivity index (χ1) is 6.75. The summed E-state index contributed by atoms with van der Waals surface area (Å²) in [6.45, 7) is 1.98. The van der Waals surface area contributed by atoms with Gasteiger partial charge in [-0.25, -0.2) is 0 Å². The number of halogens is 2. The number of phenolic OH excluding ortho intramolecular Hbond substituents is 1. The van der Waals surface area contributed by atoms with E-state index in [1.165, 1.54) is 0 Å². The molecule has 0 aromatic heterocycles. The van der Waals surface area contributed by atoms with E-state index in [0.29, 0.717) is 5.75 Å². The summed E-state index contributed by atoms with van der Waals surface area (Å²) in [5.74, 6) is 0.323. The van der Waals surface area contributed by atoms with Crippen molar-refractivity contribution >= 4 is 24.8 Å². The summed E-state index contributed by atoms with van der Waals surface area (Å²) in [6.07, 6.45) is 0. The maximum Gasteiger partial charge on any atom is 0.116 e. The van der Waals surface area contributed by atoms with Crippen molar-refractivity contribution in [2.24, 2.45) is 0 Å². The molecule has 0 saturated carbocycles. The van der Waals surface area contributed by atoms with E-state index < -0.39 is 0 Å².